The molecule has 0 bridgehead atoms. The zero-order valence-corrected chi connectivity index (χ0v) is 65.5. The number of para-hydroxylation sites is 3. The predicted molar refractivity (Wildman–Crippen MR) is 438 cm³/mol. The van der Waals surface area contributed by atoms with E-state index in [1.165, 1.54) is 138 Å². The Balaban J connectivity index is 0.000000618. The third-order valence-corrected chi connectivity index (χ3v) is 18.1. The highest BCUT2D eigenvalue weighted by Crippen LogP contribution is 2.31. The highest BCUT2D eigenvalue weighted by Gasteiger charge is 2.31. The van der Waals surface area contributed by atoms with E-state index in [4.69, 9.17) is 0 Å². The summed E-state index contributed by atoms with van der Waals surface area (Å²) in [6.07, 6.45) is 29.4. The van der Waals surface area contributed by atoms with Crippen molar-refractivity contribution in [3.8, 4) is 0 Å². The molecule has 0 saturated heterocycles. The van der Waals surface area contributed by atoms with E-state index in [0.717, 1.165) is 67.2 Å². The van der Waals surface area contributed by atoms with E-state index < -0.39 is 0 Å². The summed E-state index contributed by atoms with van der Waals surface area (Å²) < 4.78 is 0. The molecule has 14 heteroatoms. The van der Waals surface area contributed by atoms with Crippen molar-refractivity contribution in [3.63, 3.8) is 0 Å². The summed E-state index contributed by atoms with van der Waals surface area (Å²) in [5, 5.41) is 0. The highest BCUT2D eigenvalue weighted by atomic mass is 16.2. The van der Waals surface area contributed by atoms with E-state index in [0.29, 0.717) is 48.2 Å². The Bertz CT molecular complexity index is 3170. The first kappa shape index (κ1) is 92.6. The maximum absolute atomic E-state index is 12.2. The smallest absolute Gasteiger partial charge is 0.254 e. The molecule has 5 aromatic carbocycles. The van der Waals surface area contributed by atoms with Gasteiger partial charge in [-0.15, -0.1) is 0 Å². The Kier molecular flexibility index (Phi) is 49.9. The second-order valence-corrected chi connectivity index (χ2v) is 26.4. The Morgan fingerprint density at radius 1 is 0.404 bits per heavy atom. The molecule has 2 fully saturated rings. The van der Waals surface area contributed by atoms with Crippen molar-refractivity contribution in [2.75, 3.05) is 57.1 Å². The minimum absolute atomic E-state index is 0.00926. The molecule has 7 rings (SSSR count). The summed E-state index contributed by atoms with van der Waals surface area (Å²) in [5.74, 6) is 1.32. The van der Waals surface area contributed by atoms with Crippen LogP contribution in [0.4, 0.5) is 17.1 Å². The number of unbranched alkanes of at least 4 members (excludes halogenated alkanes) is 2. The molecule has 0 heterocycles. The molecule has 0 aliphatic heterocycles. The second-order valence-electron chi connectivity index (χ2n) is 26.4. The maximum atomic E-state index is 12.2. The number of hydrogen-bond donors (Lipinski definition) is 0. The second kappa shape index (κ2) is 56.1. The van der Waals surface area contributed by atoms with Gasteiger partial charge in [0.2, 0.25) is 35.4 Å². The summed E-state index contributed by atoms with van der Waals surface area (Å²) in [4.78, 5) is 93.5. The molecule has 566 valence electrons. The molecule has 2 unspecified atom stereocenters. The Morgan fingerprint density at radius 3 is 1.01 bits per heavy atom. The molecule has 2 saturated carbocycles. The first-order chi connectivity index (χ1) is 50.0. The minimum atomic E-state index is -0.137. The van der Waals surface area contributed by atoms with E-state index in [9.17, 15) is 33.6 Å². The molecule has 0 spiro atoms. The number of rotatable bonds is 30. The van der Waals surface area contributed by atoms with E-state index >= 15 is 0 Å². The normalized spacial score (nSPS) is 12.5. The van der Waals surface area contributed by atoms with E-state index in [2.05, 4.69) is 83.5 Å². The van der Waals surface area contributed by atoms with Crippen molar-refractivity contribution in [1.82, 2.24) is 24.5 Å². The number of hydrogen-bond acceptors (Lipinski definition) is 7. The van der Waals surface area contributed by atoms with Crippen molar-refractivity contribution < 1.29 is 33.6 Å². The molecule has 14 nitrogen and oxygen atoms in total. The number of likely N-dealkylation sites (N-methyl/N-ethyl adjacent to an activating group) is 3. The summed E-state index contributed by atoms with van der Waals surface area (Å²) in [7, 11) is 5.13. The molecule has 0 aromatic heterocycles. The van der Waals surface area contributed by atoms with Crippen molar-refractivity contribution in [2.24, 2.45) is 11.8 Å². The van der Waals surface area contributed by atoms with Crippen LogP contribution < -0.4 is 9.80 Å². The number of nitrogens with zero attached hydrogens (tertiary/aromatic N) is 7. The lowest BCUT2D eigenvalue weighted by atomic mass is 9.88. The van der Waals surface area contributed by atoms with Gasteiger partial charge in [0.25, 0.3) is 5.91 Å². The number of carbonyl (C=O) groups is 7. The van der Waals surface area contributed by atoms with Crippen LogP contribution >= 0.6 is 0 Å². The van der Waals surface area contributed by atoms with Gasteiger partial charge in [-0.1, -0.05) is 266 Å². The average molecular weight is 1420 g/mol. The minimum Gasteiger partial charge on any atom is -0.345 e. The number of benzene rings is 5. The van der Waals surface area contributed by atoms with E-state index in [-0.39, 0.29) is 41.4 Å². The van der Waals surface area contributed by atoms with Gasteiger partial charge in [0, 0.05) is 101 Å². The largest absolute Gasteiger partial charge is 0.345 e. The van der Waals surface area contributed by atoms with Gasteiger partial charge in [0.1, 0.15) is 0 Å². The van der Waals surface area contributed by atoms with Crippen molar-refractivity contribution in [3.05, 3.63) is 250 Å². The lowest BCUT2D eigenvalue weighted by molar-refractivity contribution is -0.132. The van der Waals surface area contributed by atoms with Crippen LogP contribution in [0, 0.1) is 11.8 Å². The van der Waals surface area contributed by atoms with Crippen molar-refractivity contribution >= 4 is 58.4 Å². The summed E-state index contributed by atoms with van der Waals surface area (Å²) in [5.41, 5.74) is 5.98. The zero-order chi connectivity index (χ0) is 77.6. The first-order valence-electron chi connectivity index (χ1n) is 37.7. The van der Waals surface area contributed by atoms with Crippen LogP contribution in [0.2, 0.25) is 0 Å². The van der Waals surface area contributed by atoms with Gasteiger partial charge in [-0.25, -0.2) is 0 Å². The van der Waals surface area contributed by atoms with E-state index in [1.54, 1.807) is 54.6 Å². The molecule has 0 radical (unpaired) electrons. The molecular weight excluding hydrogens is 1290 g/mol. The highest BCUT2D eigenvalue weighted by molar-refractivity contribution is 6.06. The van der Waals surface area contributed by atoms with Crippen LogP contribution in [0.3, 0.4) is 0 Å². The molecule has 2 aliphatic carbocycles. The Labute approximate surface area is 628 Å². The number of anilines is 3. The number of amides is 7. The molecule has 2 atom stereocenters. The standard InChI is InChI=1S/C19H37NO.C17H17NO.C15H25NO.C15H13NO.C10H11NO.C8H15NO.C6H11NO/c1-6-11-13-17(8-3)15-20(19(21)10-5)16-18(9-4)14-12-7-2;1-2-17(19)18(13-15-9-5-3-6-10-15)14-16-11-7-4-8-12-16;2*1-2-15(17)16(13-9-5-3-6-10-13)14-11-7-4-8-12-14;1-3-10(12)11(2)9-7-5-4-6-8-9;1-5-9(6-2)8(10)7(3)4;1-5(2)6(8)7(3)4/h10,17-18H,5-9,11-16H2,1-4H3;2-12H,1,13-14H2;2,13-14H,1,3-12H2;2-12H,1H2;3-8H,1H2,2H3;3,5-6H2,1-2,4H3;1H2,2-4H3. The Morgan fingerprint density at radius 2 is 0.731 bits per heavy atom. The van der Waals surface area contributed by atoms with Gasteiger partial charge in [-0.05, 0) is 156 Å². The van der Waals surface area contributed by atoms with Gasteiger partial charge < -0.3 is 29.4 Å². The SMILES string of the molecule is C=C(C)C(=O)N(C)C.C=C(C)C(=O)N(CC)CC.C=CC(=O)N(C)c1ccccc1.C=CC(=O)N(C1CCCCC1)C1CCCCC1.C=CC(=O)N(CC(CC)CCCC)CC(CC)CCCC.C=CC(=O)N(Cc1ccccc1)Cc1ccccc1.C=CC(=O)N(c1ccccc1)c1ccccc1. The summed E-state index contributed by atoms with van der Waals surface area (Å²) >= 11 is 0. The fourth-order valence-electron chi connectivity index (χ4n) is 12.0. The van der Waals surface area contributed by atoms with Gasteiger partial charge >= 0.3 is 0 Å². The van der Waals surface area contributed by atoms with Gasteiger partial charge in [0.15, 0.2) is 0 Å². The van der Waals surface area contributed by atoms with Crippen LogP contribution in [0.15, 0.2) is 239 Å². The monoisotopic (exact) mass is 1420 g/mol. The summed E-state index contributed by atoms with van der Waals surface area (Å²) in [6, 6.07) is 49.4. The average Bonchev–Trinajstić information content (AvgIpc) is 0.840. The Hall–Kier alpha value is -9.43. The summed E-state index contributed by atoms with van der Waals surface area (Å²) in [6.45, 7) is 45.8. The quantitative estimate of drug-likeness (QED) is 0.0417. The third-order valence-electron chi connectivity index (χ3n) is 18.1. The zero-order valence-electron chi connectivity index (χ0n) is 65.5. The lowest BCUT2D eigenvalue weighted by Crippen LogP contribution is -2.48. The molecule has 2 aliphatic rings. The van der Waals surface area contributed by atoms with Crippen LogP contribution in [0.1, 0.15) is 182 Å². The predicted octanol–water partition coefficient (Wildman–Crippen LogP) is 20.0. The van der Waals surface area contributed by atoms with Gasteiger partial charge in [-0.2, -0.15) is 0 Å². The third kappa shape index (κ3) is 37.1. The first-order valence-corrected chi connectivity index (χ1v) is 37.7. The number of carbonyl (C=O) groups excluding carboxylic acids is 7. The van der Waals surface area contributed by atoms with Crippen LogP contribution in [0.25, 0.3) is 0 Å². The van der Waals surface area contributed by atoms with E-state index in [1.807, 2.05) is 166 Å². The topological polar surface area (TPSA) is 142 Å². The fourth-order valence-corrected chi connectivity index (χ4v) is 12.0. The molecular formula is C90H129N7O7. The molecule has 7 amide bonds. The molecule has 5 aromatic rings. The lowest BCUT2D eigenvalue weighted by Gasteiger charge is -2.41. The maximum Gasteiger partial charge on any atom is 0.254 e. The van der Waals surface area contributed by atoms with Crippen LogP contribution in [0.5, 0.6) is 0 Å². The molecule has 0 N–H and O–H groups in total. The van der Waals surface area contributed by atoms with Gasteiger partial charge in [-0.3, -0.25) is 38.5 Å². The fraction of sp³-hybridized carbons (Fsp3) is 0.433. The van der Waals surface area contributed by atoms with Gasteiger partial charge in [0.05, 0.1) is 0 Å². The van der Waals surface area contributed by atoms with Crippen LogP contribution in [-0.2, 0) is 46.7 Å². The van der Waals surface area contributed by atoms with Crippen molar-refractivity contribution in [1.29, 1.82) is 0 Å². The molecule has 104 heavy (non-hydrogen) atoms. The van der Waals surface area contributed by atoms with Crippen molar-refractivity contribution in [2.45, 2.75) is 196 Å². The van der Waals surface area contributed by atoms with Crippen LogP contribution in [-0.4, -0.2) is 125 Å².